The first-order valence-corrected chi connectivity index (χ1v) is 8.39. The minimum absolute atomic E-state index is 0.0480. The molecule has 24 heavy (non-hydrogen) atoms. The molecule has 5 nitrogen and oxygen atoms in total. The van der Waals surface area contributed by atoms with Crippen molar-refractivity contribution in [3.63, 3.8) is 0 Å². The minimum atomic E-state index is -0.407. The van der Waals surface area contributed by atoms with Crippen LogP contribution in [0.3, 0.4) is 0 Å². The molecule has 3 rings (SSSR count). The fourth-order valence-corrected chi connectivity index (χ4v) is 3.11. The van der Waals surface area contributed by atoms with Crippen molar-refractivity contribution in [1.82, 2.24) is 9.47 Å². The molecular weight excluding hydrogens is 304 g/mol. The third-order valence-electron chi connectivity index (χ3n) is 4.47. The van der Waals surface area contributed by atoms with Crippen LogP contribution in [0.15, 0.2) is 39.5 Å². The van der Waals surface area contributed by atoms with Gasteiger partial charge in [0, 0.05) is 25.5 Å². The monoisotopic (exact) mass is 326 g/mol. The van der Waals surface area contributed by atoms with Gasteiger partial charge in [0.25, 0.3) is 5.91 Å². The van der Waals surface area contributed by atoms with E-state index in [9.17, 15) is 9.59 Å². The summed E-state index contributed by atoms with van der Waals surface area (Å²) in [7, 11) is 1.83. The van der Waals surface area contributed by atoms with Crippen molar-refractivity contribution in [3.05, 3.63) is 46.4 Å². The summed E-state index contributed by atoms with van der Waals surface area (Å²) in [6.07, 6.45) is 2.00. The van der Waals surface area contributed by atoms with Gasteiger partial charge in [-0.15, -0.1) is 0 Å². The Balaban J connectivity index is 2.18. The number of aryl methyl sites for hydroxylation is 1. The molecule has 5 heteroatoms. The van der Waals surface area contributed by atoms with E-state index in [1.165, 1.54) is 0 Å². The maximum absolute atomic E-state index is 12.9. The number of hydrogen-bond acceptors (Lipinski definition) is 3. The van der Waals surface area contributed by atoms with Crippen molar-refractivity contribution in [1.29, 1.82) is 0 Å². The number of nitrogens with zero attached hydrogens (tertiary/aromatic N) is 2. The van der Waals surface area contributed by atoms with Gasteiger partial charge in [-0.2, -0.15) is 0 Å². The van der Waals surface area contributed by atoms with E-state index in [1.807, 2.05) is 41.6 Å². The average molecular weight is 326 g/mol. The Kier molecular flexibility index (Phi) is 4.42. The molecule has 2 heterocycles. The summed E-state index contributed by atoms with van der Waals surface area (Å²) in [5.74, 6) is -0.0480. The predicted octanol–water partition coefficient (Wildman–Crippen LogP) is 3.55. The maximum atomic E-state index is 12.9. The van der Waals surface area contributed by atoms with Gasteiger partial charge < -0.3 is 13.9 Å². The zero-order valence-corrected chi connectivity index (χ0v) is 14.3. The maximum Gasteiger partial charge on any atom is 0.345 e. The number of carbonyl (C=O) groups is 1. The molecule has 0 saturated heterocycles. The minimum Gasteiger partial charge on any atom is -0.422 e. The molecule has 3 aromatic rings. The molecule has 0 saturated carbocycles. The molecule has 0 bridgehead atoms. The number of unbranched alkanes of at least 4 members (excludes halogenated alkanes) is 1. The van der Waals surface area contributed by atoms with Crippen molar-refractivity contribution >= 4 is 27.8 Å². The molecule has 2 aromatic heterocycles. The largest absolute Gasteiger partial charge is 0.422 e. The van der Waals surface area contributed by atoms with Crippen molar-refractivity contribution in [3.8, 4) is 0 Å². The van der Waals surface area contributed by atoms with Crippen LogP contribution < -0.4 is 5.63 Å². The van der Waals surface area contributed by atoms with Gasteiger partial charge in [-0.25, -0.2) is 4.79 Å². The number of para-hydroxylation sites is 1. The second kappa shape index (κ2) is 6.51. The molecule has 0 N–H and O–H groups in total. The first-order valence-electron chi connectivity index (χ1n) is 8.39. The molecule has 1 amide bonds. The lowest BCUT2D eigenvalue weighted by Crippen LogP contribution is -2.32. The van der Waals surface area contributed by atoms with Gasteiger partial charge >= 0.3 is 5.63 Å². The van der Waals surface area contributed by atoms with Gasteiger partial charge in [0.2, 0.25) is 0 Å². The van der Waals surface area contributed by atoms with Crippen LogP contribution in [0.1, 0.15) is 37.2 Å². The highest BCUT2D eigenvalue weighted by Gasteiger charge is 2.21. The first-order chi connectivity index (χ1) is 11.6. The highest BCUT2D eigenvalue weighted by Crippen LogP contribution is 2.25. The highest BCUT2D eigenvalue weighted by atomic mass is 16.4. The molecule has 0 fully saturated rings. The van der Waals surface area contributed by atoms with Gasteiger partial charge in [-0.3, -0.25) is 4.79 Å². The SMILES string of the molecule is CCCCN(CC)C(=O)c1cc2c(=O)oc3ccccc3c2n1C. The zero-order chi connectivity index (χ0) is 17.3. The molecule has 1 aromatic carbocycles. The second-order valence-electron chi connectivity index (χ2n) is 5.97. The molecule has 0 unspecified atom stereocenters. The van der Waals surface area contributed by atoms with E-state index in [4.69, 9.17) is 4.42 Å². The smallest absolute Gasteiger partial charge is 0.345 e. The van der Waals surface area contributed by atoms with Gasteiger partial charge in [0.1, 0.15) is 11.3 Å². The summed E-state index contributed by atoms with van der Waals surface area (Å²) in [6, 6.07) is 9.06. The molecule has 0 aliphatic heterocycles. The van der Waals surface area contributed by atoms with Crippen LogP contribution in [0.25, 0.3) is 21.9 Å². The van der Waals surface area contributed by atoms with Crippen molar-refractivity contribution in [2.75, 3.05) is 13.1 Å². The lowest BCUT2D eigenvalue weighted by Gasteiger charge is -2.20. The molecule has 0 radical (unpaired) electrons. The van der Waals surface area contributed by atoms with Gasteiger partial charge in [0.05, 0.1) is 10.9 Å². The summed E-state index contributed by atoms with van der Waals surface area (Å²) in [5.41, 5.74) is 1.40. The normalized spacial score (nSPS) is 11.3. The zero-order valence-electron chi connectivity index (χ0n) is 14.3. The van der Waals surface area contributed by atoms with Crippen LogP contribution in [0, 0.1) is 0 Å². The van der Waals surface area contributed by atoms with Crippen LogP contribution in [-0.2, 0) is 7.05 Å². The fraction of sp³-hybridized carbons (Fsp3) is 0.368. The first kappa shape index (κ1) is 16.3. The standard InChI is InChI=1S/C19H22N2O3/c1-4-6-11-21(5-2)18(22)15-12-14-17(20(15)3)13-9-7-8-10-16(13)24-19(14)23/h7-10,12H,4-6,11H2,1-3H3. The number of amides is 1. The Labute approximate surface area is 140 Å². The lowest BCUT2D eigenvalue weighted by atomic mass is 10.2. The fourth-order valence-electron chi connectivity index (χ4n) is 3.11. The second-order valence-corrected chi connectivity index (χ2v) is 5.97. The number of fused-ring (bicyclic) bond motifs is 3. The van der Waals surface area contributed by atoms with E-state index in [-0.39, 0.29) is 5.91 Å². The molecule has 126 valence electrons. The Hall–Kier alpha value is -2.56. The number of aromatic nitrogens is 1. The molecule has 0 aliphatic rings. The van der Waals surface area contributed by atoms with Gasteiger partial charge in [-0.1, -0.05) is 25.5 Å². The van der Waals surface area contributed by atoms with Gasteiger partial charge in [0.15, 0.2) is 0 Å². The van der Waals surface area contributed by atoms with Crippen molar-refractivity contribution < 1.29 is 9.21 Å². The third kappa shape index (κ3) is 2.60. The molecule has 0 atom stereocenters. The summed E-state index contributed by atoms with van der Waals surface area (Å²) in [6.45, 7) is 5.45. The Bertz CT molecular complexity index is 952. The number of carbonyl (C=O) groups excluding carboxylic acids is 1. The summed E-state index contributed by atoms with van der Waals surface area (Å²) in [4.78, 5) is 27.0. The van der Waals surface area contributed by atoms with E-state index in [0.29, 0.717) is 23.2 Å². The quantitative estimate of drug-likeness (QED) is 0.674. The topological polar surface area (TPSA) is 55.5 Å². The van der Waals surface area contributed by atoms with E-state index in [2.05, 4.69) is 6.92 Å². The molecule has 0 spiro atoms. The Morgan fingerprint density at radius 2 is 1.96 bits per heavy atom. The van der Waals surface area contributed by atoms with Crippen molar-refractivity contribution in [2.24, 2.45) is 7.05 Å². The van der Waals surface area contributed by atoms with E-state index < -0.39 is 5.63 Å². The van der Waals surface area contributed by atoms with Crippen LogP contribution in [0.4, 0.5) is 0 Å². The van der Waals surface area contributed by atoms with E-state index >= 15 is 0 Å². The van der Waals surface area contributed by atoms with Crippen LogP contribution in [-0.4, -0.2) is 28.5 Å². The molecule has 0 aliphatic carbocycles. The number of benzene rings is 1. The Morgan fingerprint density at radius 3 is 2.67 bits per heavy atom. The van der Waals surface area contributed by atoms with Crippen LogP contribution in [0.2, 0.25) is 0 Å². The molecular formula is C19H22N2O3. The average Bonchev–Trinajstić information content (AvgIpc) is 2.94. The van der Waals surface area contributed by atoms with E-state index in [1.54, 1.807) is 12.1 Å². The summed E-state index contributed by atoms with van der Waals surface area (Å²) >= 11 is 0. The Morgan fingerprint density at radius 1 is 1.21 bits per heavy atom. The third-order valence-corrected chi connectivity index (χ3v) is 4.47. The highest BCUT2D eigenvalue weighted by molar-refractivity contribution is 6.07. The lowest BCUT2D eigenvalue weighted by molar-refractivity contribution is 0.0753. The van der Waals surface area contributed by atoms with Crippen LogP contribution >= 0.6 is 0 Å². The summed E-state index contributed by atoms with van der Waals surface area (Å²) < 4.78 is 7.19. The number of hydrogen-bond donors (Lipinski definition) is 0. The van der Waals surface area contributed by atoms with E-state index in [0.717, 1.165) is 30.3 Å². The summed E-state index contributed by atoms with van der Waals surface area (Å²) in [5, 5.41) is 1.29. The van der Waals surface area contributed by atoms with Crippen molar-refractivity contribution in [2.45, 2.75) is 26.7 Å². The van der Waals surface area contributed by atoms with Crippen LogP contribution in [0.5, 0.6) is 0 Å². The van der Waals surface area contributed by atoms with Gasteiger partial charge in [-0.05, 0) is 31.5 Å². The predicted molar refractivity (Wildman–Crippen MR) is 95.4 cm³/mol. The number of rotatable bonds is 5.